The van der Waals surface area contributed by atoms with Crippen LogP contribution in [0.2, 0.25) is 0 Å². The molecule has 1 fully saturated rings. The summed E-state index contributed by atoms with van der Waals surface area (Å²) in [4.78, 5) is 25.8. The molecular formula is C21H23FN2O3. The van der Waals surface area contributed by atoms with Crippen LogP contribution in [0.15, 0.2) is 48.5 Å². The summed E-state index contributed by atoms with van der Waals surface area (Å²) in [6.07, 6.45) is 1.86. The minimum Gasteiger partial charge on any atom is -0.493 e. The molecule has 2 amide bonds. The van der Waals surface area contributed by atoms with Gasteiger partial charge in [-0.2, -0.15) is 0 Å². The Kier molecular flexibility index (Phi) is 6.06. The average Bonchev–Trinajstić information content (AvgIpc) is 2.66. The zero-order valence-corrected chi connectivity index (χ0v) is 15.3. The van der Waals surface area contributed by atoms with Crippen molar-refractivity contribution in [3.63, 3.8) is 0 Å². The molecule has 1 heterocycles. The summed E-state index contributed by atoms with van der Waals surface area (Å²) in [7, 11) is 0. The summed E-state index contributed by atoms with van der Waals surface area (Å²) in [6.45, 7) is 3.17. The zero-order chi connectivity index (χ0) is 19.2. The van der Waals surface area contributed by atoms with Gasteiger partial charge in [0.25, 0.3) is 5.91 Å². The summed E-state index contributed by atoms with van der Waals surface area (Å²) >= 11 is 0. The van der Waals surface area contributed by atoms with E-state index in [9.17, 15) is 14.0 Å². The maximum atomic E-state index is 13.2. The first-order chi connectivity index (χ1) is 13.0. The van der Waals surface area contributed by atoms with Crippen LogP contribution in [0, 0.1) is 11.7 Å². The molecule has 0 radical (unpaired) electrons. The van der Waals surface area contributed by atoms with Crippen LogP contribution in [0.25, 0.3) is 0 Å². The van der Waals surface area contributed by atoms with Gasteiger partial charge in [-0.1, -0.05) is 12.1 Å². The molecule has 3 rings (SSSR count). The molecular weight excluding hydrogens is 347 g/mol. The lowest BCUT2D eigenvalue weighted by atomic mass is 9.98. The first-order valence-corrected chi connectivity index (χ1v) is 9.06. The van der Waals surface area contributed by atoms with E-state index in [0.29, 0.717) is 36.7 Å². The molecule has 2 aromatic rings. The highest BCUT2D eigenvalue weighted by molar-refractivity contribution is 5.96. The molecule has 0 aromatic heterocycles. The number of amides is 2. The lowest BCUT2D eigenvalue weighted by Gasteiger charge is -2.32. The number of nitrogens with one attached hydrogen (secondary N) is 1. The molecule has 1 saturated heterocycles. The van der Waals surface area contributed by atoms with Gasteiger partial charge in [0.05, 0.1) is 6.61 Å². The fourth-order valence-corrected chi connectivity index (χ4v) is 3.27. The molecule has 27 heavy (non-hydrogen) atoms. The Morgan fingerprint density at radius 1 is 1.22 bits per heavy atom. The number of carbonyl (C=O) groups is 2. The number of rotatable bonds is 5. The zero-order valence-electron chi connectivity index (χ0n) is 15.3. The van der Waals surface area contributed by atoms with Gasteiger partial charge in [-0.3, -0.25) is 9.59 Å². The quantitative estimate of drug-likeness (QED) is 0.873. The maximum absolute atomic E-state index is 13.2. The number of hydrogen-bond acceptors (Lipinski definition) is 3. The Morgan fingerprint density at radius 3 is 2.81 bits per heavy atom. The second-order valence-corrected chi connectivity index (χ2v) is 6.79. The molecule has 5 nitrogen and oxygen atoms in total. The monoisotopic (exact) mass is 370 g/mol. The molecule has 1 N–H and O–H groups in total. The van der Waals surface area contributed by atoms with Crippen molar-refractivity contribution in [2.24, 2.45) is 5.92 Å². The number of benzene rings is 2. The second-order valence-electron chi connectivity index (χ2n) is 6.79. The highest BCUT2D eigenvalue weighted by atomic mass is 19.1. The molecule has 6 heteroatoms. The largest absolute Gasteiger partial charge is 0.493 e. The van der Waals surface area contributed by atoms with Crippen LogP contribution in [0.3, 0.4) is 0 Å². The van der Waals surface area contributed by atoms with Crippen LogP contribution in [0.1, 0.15) is 30.1 Å². The number of carbonyl (C=O) groups excluding carboxylic acids is 2. The van der Waals surface area contributed by atoms with Crippen molar-refractivity contribution in [2.45, 2.75) is 19.8 Å². The van der Waals surface area contributed by atoms with Crippen LogP contribution in [-0.4, -0.2) is 36.4 Å². The summed E-state index contributed by atoms with van der Waals surface area (Å²) in [5.41, 5.74) is 1.16. The predicted molar refractivity (Wildman–Crippen MR) is 101 cm³/mol. The summed E-state index contributed by atoms with van der Waals surface area (Å²) in [5, 5.41) is 2.69. The van der Waals surface area contributed by atoms with Crippen LogP contribution in [0.4, 0.5) is 10.1 Å². The van der Waals surface area contributed by atoms with Crippen molar-refractivity contribution in [3.8, 4) is 5.75 Å². The molecule has 2 aromatic carbocycles. The van der Waals surface area contributed by atoms with Gasteiger partial charge in [0, 0.05) is 43.2 Å². The Bertz CT molecular complexity index is 825. The van der Waals surface area contributed by atoms with Crippen LogP contribution < -0.4 is 10.1 Å². The molecule has 0 aliphatic carbocycles. The lowest BCUT2D eigenvalue weighted by molar-refractivity contribution is -0.114. The molecule has 142 valence electrons. The highest BCUT2D eigenvalue weighted by Gasteiger charge is 2.25. The molecule has 1 atom stereocenters. The Hall–Kier alpha value is -2.89. The van der Waals surface area contributed by atoms with E-state index in [0.717, 1.165) is 12.8 Å². The van der Waals surface area contributed by atoms with Crippen molar-refractivity contribution in [1.29, 1.82) is 0 Å². The van der Waals surface area contributed by atoms with Crippen molar-refractivity contribution in [1.82, 2.24) is 4.90 Å². The van der Waals surface area contributed by atoms with Crippen LogP contribution >= 0.6 is 0 Å². The van der Waals surface area contributed by atoms with Crippen LogP contribution in [0.5, 0.6) is 5.75 Å². The van der Waals surface area contributed by atoms with E-state index in [1.807, 2.05) is 4.90 Å². The maximum Gasteiger partial charge on any atom is 0.253 e. The molecule has 1 aliphatic rings. The van der Waals surface area contributed by atoms with E-state index in [1.54, 1.807) is 36.4 Å². The van der Waals surface area contributed by atoms with E-state index in [2.05, 4.69) is 5.32 Å². The summed E-state index contributed by atoms with van der Waals surface area (Å²) in [5.74, 6) is 0.141. The van der Waals surface area contributed by atoms with Crippen LogP contribution in [-0.2, 0) is 4.79 Å². The van der Waals surface area contributed by atoms with Gasteiger partial charge in [-0.25, -0.2) is 4.39 Å². The van der Waals surface area contributed by atoms with E-state index in [1.165, 1.54) is 19.1 Å². The molecule has 0 bridgehead atoms. The van der Waals surface area contributed by atoms with Crippen molar-refractivity contribution >= 4 is 17.5 Å². The average molecular weight is 370 g/mol. The van der Waals surface area contributed by atoms with Gasteiger partial charge in [0.2, 0.25) is 5.91 Å². The normalized spacial score (nSPS) is 16.7. The van der Waals surface area contributed by atoms with Gasteiger partial charge in [0.1, 0.15) is 11.6 Å². The number of piperidine rings is 1. The number of likely N-dealkylation sites (tertiary alicyclic amines) is 1. The smallest absolute Gasteiger partial charge is 0.253 e. The minimum absolute atomic E-state index is 0.0577. The first kappa shape index (κ1) is 18.9. The third kappa shape index (κ3) is 5.29. The van der Waals surface area contributed by atoms with Gasteiger partial charge < -0.3 is 15.0 Å². The molecule has 1 unspecified atom stereocenters. The second kappa shape index (κ2) is 8.66. The van der Waals surface area contributed by atoms with Crippen molar-refractivity contribution in [2.75, 3.05) is 25.0 Å². The fraction of sp³-hybridized carbons (Fsp3) is 0.333. The van der Waals surface area contributed by atoms with Gasteiger partial charge in [-0.15, -0.1) is 0 Å². The molecule has 0 spiro atoms. The van der Waals surface area contributed by atoms with E-state index in [-0.39, 0.29) is 23.5 Å². The van der Waals surface area contributed by atoms with E-state index >= 15 is 0 Å². The number of hydrogen-bond donors (Lipinski definition) is 1. The van der Waals surface area contributed by atoms with Crippen molar-refractivity contribution in [3.05, 3.63) is 59.9 Å². The van der Waals surface area contributed by atoms with E-state index < -0.39 is 0 Å². The van der Waals surface area contributed by atoms with Gasteiger partial charge >= 0.3 is 0 Å². The van der Waals surface area contributed by atoms with E-state index in [4.69, 9.17) is 4.74 Å². The number of ether oxygens (including phenoxy) is 1. The Morgan fingerprint density at radius 2 is 2.04 bits per heavy atom. The third-order valence-electron chi connectivity index (χ3n) is 4.52. The van der Waals surface area contributed by atoms with Crippen molar-refractivity contribution < 1.29 is 18.7 Å². The lowest BCUT2D eigenvalue weighted by Crippen LogP contribution is -2.41. The Balaban J connectivity index is 1.60. The molecule has 1 aliphatic heterocycles. The van der Waals surface area contributed by atoms with Gasteiger partial charge in [0.15, 0.2) is 0 Å². The highest BCUT2D eigenvalue weighted by Crippen LogP contribution is 2.22. The fourth-order valence-electron chi connectivity index (χ4n) is 3.27. The first-order valence-electron chi connectivity index (χ1n) is 9.06. The molecule has 0 saturated carbocycles. The minimum atomic E-state index is -0.327. The topological polar surface area (TPSA) is 58.6 Å². The third-order valence-corrected chi connectivity index (χ3v) is 4.52. The number of halogens is 1. The SMILES string of the molecule is CC(=O)Nc1cccc(C(=O)N2CCCC(COc3cccc(F)c3)C2)c1. The van der Waals surface area contributed by atoms with Gasteiger partial charge in [-0.05, 0) is 43.2 Å². The standard InChI is InChI=1S/C21H23FN2O3/c1-15(25)23-19-8-2-6-17(11-19)21(26)24-10-4-5-16(13-24)14-27-20-9-3-7-18(22)12-20/h2-3,6-9,11-12,16H,4-5,10,13-14H2,1H3,(H,23,25). The summed E-state index contributed by atoms with van der Waals surface area (Å²) in [6, 6.07) is 13.0. The Labute approximate surface area is 158 Å². The number of nitrogens with zero attached hydrogens (tertiary/aromatic N) is 1. The number of anilines is 1. The summed E-state index contributed by atoms with van der Waals surface area (Å²) < 4.78 is 18.9. The predicted octanol–water partition coefficient (Wildman–Crippen LogP) is 3.72.